The Labute approximate surface area is 167 Å². The molecule has 0 bridgehead atoms. The van der Waals surface area contributed by atoms with E-state index in [4.69, 9.17) is 4.74 Å². The van der Waals surface area contributed by atoms with Gasteiger partial charge in [-0.15, -0.1) is 0 Å². The first-order valence-electron chi connectivity index (χ1n) is 9.33. The summed E-state index contributed by atoms with van der Waals surface area (Å²) in [5.74, 6) is 0.278. The number of aromatic nitrogens is 2. The van der Waals surface area contributed by atoms with Crippen LogP contribution in [0.1, 0.15) is 27.4 Å². The summed E-state index contributed by atoms with van der Waals surface area (Å²) < 4.78 is 5.26. The lowest BCUT2D eigenvalue weighted by Crippen LogP contribution is -2.32. The molecular formula is C23H21N3O3. The molecule has 4 aromatic rings. The van der Waals surface area contributed by atoms with Gasteiger partial charge in [0, 0.05) is 35.8 Å². The molecule has 2 aromatic heterocycles. The highest BCUT2D eigenvalue weighted by molar-refractivity contribution is 5.94. The highest BCUT2D eigenvalue weighted by atomic mass is 16.5. The number of hydrogen-bond donors (Lipinski definition) is 3. The minimum Gasteiger partial charge on any atom is -0.497 e. The van der Waals surface area contributed by atoms with Gasteiger partial charge in [-0.2, -0.15) is 0 Å². The van der Waals surface area contributed by atoms with E-state index in [9.17, 15) is 9.59 Å². The molecule has 0 saturated carbocycles. The summed E-state index contributed by atoms with van der Waals surface area (Å²) in [7, 11) is 1.63. The van der Waals surface area contributed by atoms with E-state index in [2.05, 4.69) is 21.4 Å². The Kier molecular flexibility index (Phi) is 5.16. The molecule has 0 aliphatic heterocycles. The Hall–Kier alpha value is -3.80. The molecule has 0 aliphatic rings. The van der Waals surface area contributed by atoms with Crippen molar-refractivity contribution in [2.75, 3.05) is 13.7 Å². The van der Waals surface area contributed by atoms with E-state index in [0.717, 1.165) is 27.8 Å². The van der Waals surface area contributed by atoms with Gasteiger partial charge in [0.1, 0.15) is 11.3 Å². The first kappa shape index (κ1) is 18.6. The molecule has 1 atom stereocenters. The third kappa shape index (κ3) is 3.78. The third-order valence-corrected chi connectivity index (χ3v) is 5.04. The molecule has 4 rings (SSSR count). The number of hydrogen-bond acceptors (Lipinski definition) is 3. The van der Waals surface area contributed by atoms with E-state index >= 15 is 0 Å². The number of carbonyl (C=O) groups excluding carboxylic acids is 1. The van der Waals surface area contributed by atoms with E-state index in [1.165, 1.54) is 12.3 Å². The summed E-state index contributed by atoms with van der Waals surface area (Å²) in [5, 5.41) is 4.01. The van der Waals surface area contributed by atoms with Gasteiger partial charge in [-0.05, 0) is 41.5 Å². The van der Waals surface area contributed by atoms with Gasteiger partial charge >= 0.3 is 0 Å². The quantitative estimate of drug-likeness (QED) is 0.474. The number of carbonyl (C=O) groups is 1. The van der Waals surface area contributed by atoms with E-state index in [1.54, 1.807) is 13.2 Å². The van der Waals surface area contributed by atoms with Crippen molar-refractivity contribution in [3.8, 4) is 5.75 Å². The lowest BCUT2D eigenvalue weighted by Gasteiger charge is -2.18. The molecule has 146 valence electrons. The number of ether oxygens (including phenoxy) is 1. The van der Waals surface area contributed by atoms with Gasteiger partial charge in [-0.1, -0.05) is 30.3 Å². The van der Waals surface area contributed by atoms with Gasteiger partial charge in [-0.25, -0.2) is 0 Å². The van der Waals surface area contributed by atoms with Gasteiger partial charge < -0.3 is 20.0 Å². The Bertz CT molecular complexity index is 1190. The molecule has 2 aromatic carbocycles. The summed E-state index contributed by atoms with van der Waals surface area (Å²) in [4.78, 5) is 30.3. The van der Waals surface area contributed by atoms with Crippen molar-refractivity contribution < 1.29 is 9.53 Å². The largest absolute Gasteiger partial charge is 0.497 e. The third-order valence-electron chi connectivity index (χ3n) is 5.04. The zero-order chi connectivity index (χ0) is 20.2. The van der Waals surface area contributed by atoms with Crippen LogP contribution in [-0.2, 0) is 0 Å². The number of pyridine rings is 1. The van der Waals surface area contributed by atoms with Crippen LogP contribution < -0.4 is 15.6 Å². The molecular weight excluding hydrogens is 366 g/mol. The van der Waals surface area contributed by atoms with Gasteiger partial charge in [0.15, 0.2) is 0 Å². The molecule has 0 radical (unpaired) electrons. The van der Waals surface area contributed by atoms with Crippen LogP contribution in [0.3, 0.4) is 0 Å². The number of amides is 1. The Morgan fingerprint density at radius 3 is 2.59 bits per heavy atom. The Balaban J connectivity index is 1.67. The number of para-hydroxylation sites is 1. The Morgan fingerprint density at radius 2 is 1.83 bits per heavy atom. The second-order valence-corrected chi connectivity index (χ2v) is 6.74. The van der Waals surface area contributed by atoms with E-state index in [1.807, 2.05) is 48.7 Å². The Morgan fingerprint density at radius 1 is 1.03 bits per heavy atom. The van der Waals surface area contributed by atoms with Crippen molar-refractivity contribution in [2.45, 2.75) is 5.92 Å². The molecule has 0 fully saturated rings. The highest BCUT2D eigenvalue weighted by Crippen LogP contribution is 2.31. The minimum absolute atomic E-state index is 0.0937. The minimum atomic E-state index is -0.405. The monoisotopic (exact) mass is 387 g/mol. The fraction of sp³-hybridized carbons (Fsp3) is 0.130. The summed E-state index contributed by atoms with van der Waals surface area (Å²) in [6.07, 6.45) is 3.48. The number of benzene rings is 2. The standard InChI is InChI=1S/C23H21N3O3/c1-29-16-10-8-15(9-11-16)19(20-14-25-21-7-3-2-5-17(20)21)13-26-23(28)18-6-4-12-24-22(18)27/h2-12,14,19,25H,13H2,1H3,(H,24,27)(H,26,28). The molecule has 1 unspecified atom stereocenters. The normalized spacial score (nSPS) is 11.9. The molecule has 29 heavy (non-hydrogen) atoms. The van der Waals surface area contributed by atoms with E-state index in [-0.39, 0.29) is 11.5 Å². The smallest absolute Gasteiger partial charge is 0.260 e. The lowest BCUT2D eigenvalue weighted by molar-refractivity contribution is 0.0951. The summed E-state index contributed by atoms with van der Waals surface area (Å²) in [6.45, 7) is 0.349. The number of H-pyrrole nitrogens is 2. The van der Waals surface area contributed by atoms with Gasteiger partial charge in [0.25, 0.3) is 11.5 Å². The molecule has 6 nitrogen and oxygen atoms in total. The topological polar surface area (TPSA) is 87.0 Å². The molecule has 2 heterocycles. The first-order chi connectivity index (χ1) is 14.2. The molecule has 0 saturated heterocycles. The van der Waals surface area contributed by atoms with Crippen LogP contribution in [0, 0.1) is 0 Å². The van der Waals surface area contributed by atoms with Gasteiger partial charge in [0.2, 0.25) is 0 Å². The number of aromatic amines is 2. The van der Waals surface area contributed by atoms with Crippen molar-refractivity contribution in [1.29, 1.82) is 0 Å². The molecule has 0 spiro atoms. The SMILES string of the molecule is COc1ccc(C(CNC(=O)c2ccc[nH]c2=O)c2c[nH]c3ccccc23)cc1. The highest BCUT2D eigenvalue weighted by Gasteiger charge is 2.20. The zero-order valence-corrected chi connectivity index (χ0v) is 15.9. The first-order valence-corrected chi connectivity index (χ1v) is 9.33. The van der Waals surface area contributed by atoms with Crippen LogP contribution in [-0.4, -0.2) is 29.5 Å². The molecule has 6 heteroatoms. The number of rotatable bonds is 6. The van der Waals surface area contributed by atoms with Crippen molar-refractivity contribution >= 4 is 16.8 Å². The van der Waals surface area contributed by atoms with Crippen LogP contribution in [0.25, 0.3) is 10.9 Å². The number of methoxy groups -OCH3 is 1. The van der Waals surface area contributed by atoms with Crippen molar-refractivity contribution in [3.63, 3.8) is 0 Å². The summed E-state index contributed by atoms with van der Waals surface area (Å²) in [6, 6.07) is 19.0. The van der Waals surface area contributed by atoms with Crippen molar-refractivity contribution in [3.05, 3.63) is 100 Å². The van der Waals surface area contributed by atoms with Crippen LogP contribution >= 0.6 is 0 Å². The predicted octanol–water partition coefficient (Wildman–Crippen LogP) is 3.43. The van der Waals surface area contributed by atoms with Crippen LogP contribution in [0.5, 0.6) is 5.75 Å². The second kappa shape index (κ2) is 8.06. The maximum atomic E-state index is 12.6. The maximum absolute atomic E-state index is 12.6. The maximum Gasteiger partial charge on any atom is 0.260 e. The molecule has 0 aliphatic carbocycles. The number of fused-ring (bicyclic) bond motifs is 1. The van der Waals surface area contributed by atoms with E-state index < -0.39 is 11.5 Å². The lowest BCUT2D eigenvalue weighted by atomic mass is 9.90. The van der Waals surface area contributed by atoms with Crippen LogP contribution in [0.2, 0.25) is 0 Å². The van der Waals surface area contributed by atoms with Gasteiger partial charge in [0.05, 0.1) is 7.11 Å². The van der Waals surface area contributed by atoms with Gasteiger partial charge in [-0.3, -0.25) is 9.59 Å². The fourth-order valence-corrected chi connectivity index (χ4v) is 3.52. The number of nitrogens with one attached hydrogen (secondary N) is 3. The van der Waals surface area contributed by atoms with E-state index in [0.29, 0.717) is 6.54 Å². The molecule has 3 N–H and O–H groups in total. The zero-order valence-electron chi connectivity index (χ0n) is 15.9. The molecule has 1 amide bonds. The predicted molar refractivity (Wildman–Crippen MR) is 113 cm³/mol. The summed E-state index contributed by atoms with van der Waals surface area (Å²) in [5.41, 5.74) is 2.84. The average Bonchev–Trinajstić information content (AvgIpc) is 3.18. The van der Waals surface area contributed by atoms with Crippen LogP contribution in [0.15, 0.2) is 77.9 Å². The van der Waals surface area contributed by atoms with Crippen molar-refractivity contribution in [2.24, 2.45) is 0 Å². The van der Waals surface area contributed by atoms with Crippen molar-refractivity contribution in [1.82, 2.24) is 15.3 Å². The van der Waals surface area contributed by atoms with Crippen LogP contribution in [0.4, 0.5) is 0 Å². The second-order valence-electron chi connectivity index (χ2n) is 6.74. The average molecular weight is 387 g/mol. The summed E-state index contributed by atoms with van der Waals surface area (Å²) >= 11 is 0. The fourth-order valence-electron chi connectivity index (χ4n) is 3.52.